The summed E-state index contributed by atoms with van der Waals surface area (Å²) in [5, 5.41) is 13.9. The lowest BCUT2D eigenvalue weighted by Crippen LogP contribution is -2.09. The van der Waals surface area contributed by atoms with Gasteiger partial charge in [-0.3, -0.25) is 0 Å². The SMILES string of the molecule is C=CCCCn1ncc2c(N)c(C(=O)O)c(C)nc21. The fraction of sp³-hybridized carbons (Fsp3) is 0.308. The Morgan fingerprint density at radius 2 is 2.37 bits per heavy atom. The van der Waals surface area contributed by atoms with Gasteiger partial charge in [0, 0.05) is 6.54 Å². The third-order valence-electron chi connectivity index (χ3n) is 3.00. The molecule has 0 radical (unpaired) electrons. The molecule has 6 heteroatoms. The molecular weight excluding hydrogens is 244 g/mol. The molecule has 0 bridgehead atoms. The van der Waals surface area contributed by atoms with Crippen LogP contribution in [0, 0.1) is 6.92 Å². The molecule has 0 aliphatic carbocycles. The van der Waals surface area contributed by atoms with Crippen LogP contribution in [-0.2, 0) is 6.54 Å². The number of hydrogen-bond donors (Lipinski definition) is 2. The van der Waals surface area contributed by atoms with E-state index in [1.165, 1.54) is 0 Å². The molecule has 0 aliphatic heterocycles. The zero-order valence-electron chi connectivity index (χ0n) is 10.8. The summed E-state index contributed by atoms with van der Waals surface area (Å²) < 4.78 is 1.74. The maximum absolute atomic E-state index is 11.1. The Bertz CT molecular complexity index is 646. The normalized spacial score (nSPS) is 10.8. The van der Waals surface area contributed by atoms with Crippen molar-refractivity contribution in [3.63, 3.8) is 0 Å². The van der Waals surface area contributed by atoms with Gasteiger partial charge in [-0.15, -0.1) is 6.58 Å². The number of nitrogens with two attached hydrogens (primary N) is 1. The molecule has 0 atom stereocenters. The number of carboxylic acids is 1. The van der Waals surface area contributed by atoms with Crippen molar-refractivity contribution in [2.24, 2.45) is 0 Å². The standard InChI is InChI=1S/C13H16N4O2/c1-3-4-5-6-17-12-9(7-15-17)11(14)10(13(18)19)8(2)16-12/h3,7H,1,4-6H2,2H3,(H2,14,16)(H,18,19). The van der Waals surface area contributed by atoms with E-state index in [0.29, 0.717) is 23.3 Å². The van der Waals surface area contributed by atoms with E-state index in [1.54, 1.807) is 17.8 Å². The van der Waals surface area contributed by atoms with Crippen molar-refractivity contribution < 1.29 is 9.90 Å². The molecule has 0 saturated heterocycles. The van der Waals surface area contributed by atoms with Crippen LogP contribution in [0.3, 0.4) is 0 Å². The molecule has 0 fully saturated rings. The van der Waals surface area contributed by atoms with Crippen molar-refractivity contribution in [2.75, 3.05) is 5.73 Å². The van der Waals surface area contributed by atoms with Gasteiger partial charge in [0.1, 0.15) is 5.56 Å². The van der Waals surface area contributed by atoms with Gasteiger partial charge in [0.2, 0.25) is 0 Å². The minimum absolute atomic E-state index is 0.0538. The van der Waals surface area contributed by atoms with E-state index in [4.69, 9.17) is 10.8 Å². The van der Waals surface area contributed by atoms with E-state index in [9.17, 15) is 4.79 Å². The highest BCUT2D eigenvalue weighted by Crippen LogP contribution is 2.25. The van der Waals surface area contributed by atoms with Crippen LogP contribution in [0.2, 0.25) is 0 Å². The number of unbranched alkanes of at least 4 members (excludes halogenated alkanes) is 1. The predicted octanol–water partition coefficient (Wildman–Crippen LogP) is 1.99. The Kier molecular flexibility index (Phi) is 3.50. The van der Waals surface area contributed by atoms with E-state index in [-0.39, 0.29) is 11.3 Å². The molecule has 2 rings (SSSR count). The Balaban J connectivity index is 2.50. The quantitative estimate of drug-likeness (QED) is 0.633. The number of carbonyl (C=O) groups is 1. The highest BCUT2D eigenvalue weighted by atomic mass is 16.4. The summed E-state index contributed by atoms with van der Waals surface area (Å²) in [4.78, 5) is 15.5. The van der Waals surface area contributed by atoms with Gasteiger partial charge in [0.25, 0.3) is 0 Å². The van der Waals surface area contributed by atoms with Gasteiger partial charge in [-0.25, -0.2) is 14.5 Å². The van der Waals surface area contributed by atoms with Gasteiger partial charge in [0.15, 0.2) is 5.65 Å². The predicted molar refractivity (Wildman–Crippen MR) is 73.1 cm³/mol. The Labute approximate surface area is 110 Å². The van der Waals surface area contributed by atoms with E-state index < -0.39 is 5.97 Å². The molecule has 2 aromatic heterocycles. The molecule has 3 N–H and O–H groups in total. The number of allylic oxidation sites excluding steroid dienone is 1. The summed E-state index contributed by atoms with van der Waals surface area (Å²) >= 11 is 0. The maximum atomic E-state index is 11.1. The smallest absolute Gasteiger partial charge is 0.339 e. The lowest BCUT2D eigenvalue weighted by molar-refractivity contribution is 0.0697. The van der Waals surface area contributed by atoms with E-state index in [2.05, 4.69) is 16.7 Å². The highest BCUT2D eigenvalue weighted by molar-refractivity contribution is 6.03. The monoisotopic (exact) mass is 260 g/mol. The Hall–Kier alpha value is -2.37. The molecule has 2 heterocycles. The number of nitrogens with zero attached hydrogens (tertiary/aromatic N) is 3. The number of pyridine rings is 1. The van der Waals surface area contributed by atoms with Crippen molar-refractivity contribution >= 4 is 22.7 Å². The summed E-state index contributed by atoms with van der Waals surface area (Å²) in [5.74, 6) is -1.07. The van der Waals surface area contributed by atoms with E-state index in [1.807, 2.05) is 6.08 Å². The van der Waals surface area contributed by atoms with Gasteiger partial charge >= 0.3 is 5.97 Å². The molecule has 0 aromatic carbocycles. The van der Waals surface area contributed by atoms with Crippen molar-refractivity contribution in [1.82, 2.24) is 14.8 Å². The largest absolute Gasteiger partial charge is 0.478 e. The zero-order valence-corrected chi connectivity index (χ0v) is 10.8. The third-order valence-corrected chi connectivity index (χ3v) is 3.00. The van der Waals surface area contributed by atoms with Gasteiger partial charge in [-0.1, -0.05) is 6.08 Å². The summed E-state index contributed by atoms with van der Waals surface area (Å²) in [6.07, 6.45) is 5.21. The van der Waals surface area contributed by atoms with E-state index in [0.717, 1.165) is 12.8 Å². The summed E-state index contributed by atoms with van der Waals surface area (Å²) in [6, 6.07) is 0. The molecule has 0 aliphatic rings. The Morgan fingerprint density at radius 1 is 1.63 bits per heavy atom. The van der Waals surface area contributed by atoms with Crippen molar-refractivity contribution in [1.29, 1.82) is 0 Å². The van der Waals surface area contributed by atoms with E-state index >= 15 is 0 Å². The average molecular weight is 260 g/mol. The second-order valence-corrected chi connectivity index (χ2v) is 4.33. The van der Waals surface area contributed by atoms with Gasteiger partial charge in [0.05, 0.1) is 23.0 Å². The van der Waals surface area contributed by atoms with Crippen LogP contribution >= 0.6 is 0 Å². The second kappa shape index (κ2) is 5.09. The van der Waals surface area contributed by atoms with Gasteiger partial charge in [-0.05, 0) is 19.8 Å². The van der Waals surface area contributed by atoms with Gasteiger partial charge in [-0.2, -0.15) is 5.10 Å². The van der Waals surface area contributed by atoms with Crippen molar-refractivity contribution in [3.8, 4) is 0 Å². The molecule has 0 saturated carbocycles. The first kappa shape index (κ1) is 13.1. The molecule has 6 nitrogen and oxygen atoms in total. The van der Waals surface area contributed by atoms with Gasteiger partial charge < -0.3 is 10.8 Å². The van der Waals surface area contributed by atoms with Crippen LogP contribution in [0.1, 0.15) is 28.9 Å². The number of aryl methyl sites for hydroxylation is 2. The zero-order chi connectivity index (χ0) is 14.0. The third kappa shape index (κ3) is 2.29. The number of nitrogen functional groups attached to an aromatic ring is 1. The van der Waals surface area contributed by atoms with Crippen molar-refractivity contribution in [3.05, 3.63) is 30.1 Å². The number of aromatic carboxylic acids is 1. The van der Waals surface area contributed by atoms with Crippen LogP contribution in [0.4, 0.5) is 5.69 Å². The average Bonchev–Trinajstić information content (AvgIpc) is 2.72. The fourth-order valence-electron chi connectivity index (χ4n) is 2.05. The van der Waals surface area contributed by atoms with Crippen LogP contribution in [0.15, 0.2) is 18.9 Å². The topological polar surface area (TPSA) is 94.0 Å². The molecule has 100 valence electrons. The number of rotatable bonds is 5. The number of carboxylic acid groups (broad SMARTS) is 1. The van der Waals surface area contributed by atoms with Crippen LogP contribution in [0.25, 0.3) is 11.0 Å². The van der Waals surface area contributed by atoms with Crippen LogP contribution < -0.4 is 5.73 Å². The van der Waals surface area contributed by atoms with Crippen LogP contribution in [-0.4, -0.2) is 25.8 Å². The molecule has 19 heavy (non-hydrogen) atoms. The lowest BCUT2D eigenvalue weighted by atomic mass is 10.1. The number of anilines is 1. The lowest BCUT2D eigenvalue weighted by Gasteiger charge is -2.07. The maximum Gasteiger partial charge on any atom is 0.339 e. The fourth-order valence-corrected chi connectivity index (χ4v) is 2.05. The minimum atomic E-state index is -1.07. The first-order valence-corrected chi connectivity index (χ1v) is 6.02. The first-order chi connectivity index (χ1) is 9.06. The molecular formula is C13H16N4O2. The van der Waals surface area contributed by atoms with Crippen molar-refractivity contribution in [2.45, 2.75) is 26.3 Å². The summed E-state index contributed by atoms with van der Waals surface area (Å²) in [5.41, 5.74) is 7.21. The second-order valence-electron chi connectivity index (χ2n) is 4.33. The number of aromatic nitrogens is 3. The summed E-state index contributed by atoms with van der Waals surface area (Å²) in [6.45, 7) is 6.01. The molecule has 2 aromatic rings. The van der Waals surface area contributed by atoms with Crippen LogP contribution in [0.5, 0.6) is 0 Å². The Morgan fingerprint density at radius 3 is 3.00 bits per heavy atom. The minimum Gasteiger partial charge on any atom is -0.478 e. The molecule has 0 unspecified atom stereocenters. The highest BCUT2D eigenvalue weighted by Gasteiger charge is 2.18. The summed E-state index contributed by atoms with van der Waals surface area (Å²) in [7, 11) is 0. The number of hydrogen-bond acceptors (Lipinski definition) is 4. The number of fused-ring (bicyclic) bond motifs is 1. The molecule has 0 spiro atoms. The molecule has 0 amide bonds. The first-order valence-electron chi connectivity index (χ1n) is 6.02.